The highest BCUT2D eigenvalue weighted by atomic mass is 16.5. The Kier molecular flexibility index (Phi) is 12.2. The van der Waals surface area contributed by atoms with Crippen molar-refractivity contribution in [2.24, 2.45) is 0 Å². The van der Waals surface area contributed by atoms with Crippen LogP contribution in [-0.2, 0) is 19.1 Å². The van der Waals surface area contributed by atoms with Crippen molar-refractivity contribution >= 4 is 11.9 Å². The Labute approximate surface area is 194 Å². The third-order valence-electron chi connectivity index (χ3n) is 6.39. The molecule has 0 aromatic heterocycles. The van der Waals surface area contributed by atoms with Crippen molar-refractivity contribution in [3.63, 3.8) is 0 Å². The van der Waals surface area contributed by atoms with Crippen LogP contribution in [0.15, 0.2) is 24.3 Å². The lowest BCUT2D eigenvalue weighted by Gasteiger charge is -2.28. The summed E-state index contributed by atoms with van der Waals surface area (Å²) in [6.07, 6.45) is 12.0. The second-order valence-electron chi connectivity index (χ2n) is 9.09. The van der Waals surface area contributed by atoms with E-state index < -0.39 is 0 Å². The van der Waals surface area contributed by atoms with Crippen LogP contribution >= 0.6 is 0 Å². The lowest BCUT2D eigenvalue weighted by atomic mass is 9.83. The first-order valence-corrected chi connectivity index (χ1v) is 12.5. The largest absolute Gasteiger partial charge is 0.497 e. The molecule has 0 aliphatic heterocycles. The molecule has 0 amide bonds. The van der Waals surface area contributed by atoms with Gasteiger partial charge in [-0.3, -0.25) is 9.59 Å². The number of carbonyl (C=O) groups excluding carboxylic acids is 2. The molecule has 0 N–H and O–H groups in total. The van der Waals surface area contributed by atoms with Crippen molar-refractivity contribution in [3.8, 4) is 5.75 Å². The molecule has 1 aliphatic rings. The highest BCUT2D eigenvalue weighted by Gasteiger charge is 2.25. The molecule has 5 nitrogen and oxygen atoms in total. The van der Waals surface area contributed by atoms with E-state index in [1.54, 1.807) is 7.11 Å². The summed E-state index contributed by atoms with van der Waals surface area (Å²) in [4.78, 5) is 24.2. The zero-order valence-electron chi connectivity index (χ0n) is 20.3. The van der Waals surface area contributed by atoms with Crippen molar-refractivity contribution in [1.29, 1.82) is 0 Å². The Hall–Kier alpha value is -2.04. The number of unbranched alkanes of at least 4 members (excludes halogenated alkanes) is 5. The van der Waals surface area contributed by atoms with Gasteiger partial charge in [0.2, 0.25) is 0 Å². The molecule has 1 aliphatic carbocycles. The average Bonchev–Trinajstić information content (AvgIpc) is 2.80. The standard InChI is InChI=1S/C27H42O5/c1-4-5-6-7-8-9-10-21(2)31-26(28)19-20-27(29)32-25-17-13-23(14-18-25)22-11-15-24(30-3)16-12-22/h11-12,15-16,21,23,25H,4-10,13-14,17-20H2,1-3H3. The minimum atomic E-state index is -0.302. The first-order valence-electron chi connectivity index (χ1n) is 12.5. The zero-order valence-corrected chi connectivity index (χ0v) is 20.3. The lowest BCUT2D eigenvalue weighted by Crippen LogP contribution is -2.24. The fourth-order valence-corrected chi connectivity index (χ4v) is 4.39. The van der Waals surface area contributed by atoms with Crippen molar-refractivity contribution in [2.45, 2.75) is 115 Å². The first-order chi connectivity index (χ1) is 15.5. The van der Waals surface area contributed by atoms with Gasteiger partial charge in [0, 0.05) is 0 Å². The van der Waals surface area contributed by atoms with Crippen LogP contribution in [0.4, 0.5) is 0 Å². The molecule has 1 saturated carbocycles. The van der Waals surface area contributed by atoms with E-state index in [0.717, 1.165) is 44.3 Å². The second-order valence-corrected chi connectivity index (χ2v) is 9.09. The van der Waals surface area contributed by atoms with E-state index in [4.69, 9.17) is 14.2 Å². The normalized spacial score (nSPS) is 19.2. The molecule has 0 radical (unpaired) electrons. The van der Waals surface area contributed by atoms with Crippen LogP contribution < -0.4 is 4.74 Å². The predicted molar refractivity (Wildman–Crippen MR) is 127 cm³/mol. The minimum absolute atomic E-state index is 0.0420. The number of methoxy groups -OCH3 is 1. The quantitative estimate of drug-likeness (QED) is 0.234. The Bertz CT molecular complexity index is 661. The molecule has 1 unspecified atom stereocenters. The van der Waals surface area contributed by atoms with Gasteiger partial charge in [-0.15, -0.1) is 0 Å². The Morgan fingerprint density at radius 3 is 2.19 bits per heavy atom. The van der Waals surface area contributed by atoms with Gasteiger partial charge in [0.25, 0.3) is 0 Å². The number of ether oxygens (including phenoxy) is 3. The molecule has 2 rings (SSSR count). The highest BCUT2D eigenvalue weighted by molar-refractivity contribution is 5.77. The van der Waals surface area contributed by atoms with Crippen LogP contribution in [0.3, 0.4) is 0 Å². The van der Waals surface area contributed by atoms with Crippen molar-refractivity contribution < 1.29 is 23.8 Å². The summed E-state index contributed by atoms with van der Waals surface area (Å²) in [5.74, 6) is 0.771. The lowest BCUT2D eigenvalue weighted by molar-refractivity contribution is -0.156. The first kappa shape index (κ1) is 26.2. The van der Waals surface area contributed by atoms with Gasteiger partial charge in [-0.25, -0.2) is 0 Å². The molecule has 1 aromatic carbocycles. The summed E-state index contributed by atoms with van der Waals surface area (Å²) < 4.78 is 16.3. The molecule has 32 heavy (non-hydrogen) atoms. The Morgan fingerprint density at radius 1 is 0.906 bits per heavy atom. The van der Waals surface area contributed by atoms with Gasteiger partial charge in [0.15, 0.2) is 0 Å². The van der Waals surface area contributed by atoms with Crippen LogP contribution in [0.2, 0.25) is 0 Å². The maximum Gasteiger partial charge on any atom is 0.306 e. The van der Waals surface area contributed by atoms with E-state index in [1.165, 1.54) is 37.7 Å². The van der Waals surface area contributed by atoms with Crippen LogP contribution in [-0.4, -0.2) is 31.3 Å². The van der Waals surface area contributed by atoms with Crippen LogP contribution in [0.1, 0.15) is 109 Å². The number of benzene rings is 1. The summed E-state index contributed by atoms with van der Waals surface area (Å²) in [5.41, 5.74) is 1.31. The monoisotopic (exact) mass is 446 g/mol. The Morgan fingerprint density at radius 2 is 1.53 bits per heavy atom. The van der Waals surface area contributed by atoms with Gasteiger partial charge < -0.3 is 14.2 Å². The summed E-state index contributed by atoms with van der Waals surface area (Å²) >= 11 is 0. The van der Waals surface area contributed by atoms with Gasteiger partial charge in [-0.2, -0.15) is 0 Å². The summed E-state index contributed by atoms with van der Waals surface area (Å²) in [7, 11) is 1.67. The fraction of sp³-hybridized carbons (Fsp3) is 0.704. The maximum atomic E-state index is 12.2. The van der Waals surface area contributed by atoms with Crippen molar-refractivity contribution in [2.75, 3.05) is 7.11 Å². The van der Waals surface area contributed by atoms with Gasteiger partial charge in [-0.05, 0) is 69.1 Å². The van der Waals surface area contributed by atoms with E-state index in [0.29, 0.717) is 5.92 Å². The topological polar surface area (TPSA) is 61.8 Å². The molecule has 0 saturated heterocycles. The third-order valence-corrected chi connectivity index (χ3v) is 6.39. The van der Waals surface area contributed by atoms with E-state index in [-0.39, 0.29) is 37.0 Å². The van der Waals surface area contributed by atoms with E-state index in [9.17, 15) is 9.59 Å². The van der Waals surface area contributed by atoms with Crippen molar-refractivity contribution in [3.05, 3.63) is 29.8 Å². The summed E-state index contributed by atoms with van der Waals surface area (Å²) in [6.45, 7) is 4.15. The molecule has 0 spiro atoms. The zero-order chi connectivity index (χ0) is 23.2. The van der Waals surface area contributed by atoms with Crippen LogP contribution in [0, 0.1) is 0 Å². The number of hydrogen-bond donors (Lipinski definition) is 0. The summed E-state index contributed by atoms with van der Waals surface area (Å²) in [6, 6.07) is 8.23. The van der Waals surface area contributed by atoms with Crippen LogP contribution in [0.5, 0.6) is 5.75 Å². The Balaban J connectivity index is 1.56. The van der Waals surface area contributed by atoms with E-state index >= 15 is 0 Å². The second kappa shape index (κ2) is 14.9. The predicted octanol–water partition coefficient (Wildman–Crippen LogP) is 6.73. The molecule has 0 heterocycles. The molecular formula is C27H42O5. The van der Waals surface area contributed by atoms with Gasteiger partial charge in [0.1, 0.15) is 11.9 Å². The number of hydrogen-bond acceptors (Lipinski definition) is 5. The van der Waals surface area contributed by atoms with Gasteiger partial charge in [-0.1, -0.05) is 51.2 Å². The number of carbonyl (C=O) groups is 2. The molecular weight excluding hydrogens is 404 g/mol. The fourth-order valence-electron chi connectivity index (χ4n) is 4.39. The van der Waals surface area contributed by atoms with Gasteiger partial charge in [0.05, 0.1) is 26.1 Å². The minimum Gasteiger partial charge on any atom is -0.497 e. The van der Waals surface area contributed by atoms with Crippen molar-refractivity contribution in [1.82, 2.24) is 0 Å². The molecule has 1 fully saturated rings. The molecule has 180 valence electrons. The third kappa shape index (κ3) is 10.1. The average molecular weight is 447 g/mol. The summed E-state index contributed by atoms with van der Waals surface area (Å²) in [5, 5.41) is 0. The van der Waals surface area contributed by atoms with Crippen LogP contribution in [0.25, 0.3) is 0 Å². The SMILES string of the molecule is CCCCCCCCC(C)OC(=O)CCC(=O)OC1CCC(c2ccc(OC)cc2)CC1. The van der Waals surface area contributed by atoms with Gasteiger partial charge >= 0.3 is 11.9 Å². The van der Waals surface area contributed by atoms with E-state index in [1.807, 2.05) is 19.1 Å². The smallest absolute Gasteiger partial charge is 0.306 e. The number of esters is 2. The molecule has 1 atom stereocenters. The molecule has 5 heteroatoms. The van der Waals surface area contributed by atoms with E-state index in [2.05, 4.69) is 19.1 Å². The molecule has 0 bridgehead atoms. The number of rotatable bonds is 14. The molecule has 1 aromatic rings. The highest BCUT2D eigenvalue weighted by Crippen LogP contribution is 2.34. The maximum absolute atomic E-state index is 12.2.